The number of nitrogens with one attached hydrogen (secondary N) is 1. The molecule has 0 spiro atoms. The molecular weight excluding hydrogens is 412 g/mol. The highest BCUT2D eigenvalue weighted by Crippen LogP contribution is 2.29. The van der Waals surface area contributed by atoms with E-state index in [0.29, 0.717) is 30.4 Å². The van der Waals surface area contributed by atoms with Crippen LogP contribution in [0.4, 0.5) is 4.79 Å². The predicted molar refractivity (Wildman–Crippen MR) is 109 cm³/mol. The van der Waals surface area contributed by atoms with Gasteiger partial charge in [-0.05, 0) is 23.9 Å². The predicted octanol–water partition coefficient (Wildman–Crippen LogP) is 1.48. The number of urea groups is 1. The first kappa shape index (κ1) is 20.0. The third-order valence-electron chi connectivity index (χ3n) is 5.39. The van der Waals surface area contributed by atoms with E-state index in [0.717, 1.165) is 5.56 Å². The first-order valence-corrected chi connectivity index (χ1v) is 11.6. The molecule has 0 radical (unpaired) electrons. The smallest absolute Gasteiger partial charge is 0.319 e. The van der Waals surface area contributed by atoms with Gasteiger partial charge in [0.15, 0.2) is 0 Å². The number of sulfonamides is 1. The Labute approximate surface area is 173 Å². The fourth-order valence-corrected chi connectivity index (χ4v) is 6.21. The van der Waals surface area contributed by atoms with Crippen LogP contribution in [-0.4, -0.2) is 67.3 Å². The lowest BCUT2D eigenvalue weighted by molar-refractivity contribution is -0.132. The molecule has 29 heavy (non-hydrogen) atoms. The van der Waals surface area contributed by atoms with Crippen LogP contribution in [0.5, 0.6) is 0 Å². The standard InChI is InChI=1S/C19H22N4O4S2/c1-19(15-6-3-2-4-7-15)17(24)23(18(25)20-19)14-21-9-11-22(12-10-21)29(26,27)16-8-5-13-28-16/h2-8,13H,9-12,14H2,1H3,(H,20,25). The van der Waals surface area contributed by atoms with Gasteiger partial charge in [0, 0.05) is 26.2 Å². The summed E-state index contributed by atoms with van der Waals surface area (Å²) >= 11 is 1.20. The monoisotopic (exact) mass is 434 g/mol. The van der Waals surface area contributed by atoms with Gasteiger partial charge < -0.3 is 5.32 Å². The van der Waals surface area contributed by atoms with E-state index in [1.54, 1.807) is 24.4 Å². The molecule has 3 heterocycles. The minimum Gasteiger partial charge on any atom is -0.319 e. The molecule has 0 saturated carbocycles. The van der Waals surface area contributed by atoms with Gasteiger partial charge >= 0.3 is 6.03 Å². The highest BCUT2D eigenvalue weighted by atomic mass is 32.2. The number of hydrogen-bond donors (Lipinski definition) is 1. The van der Waals surface area contributed by atoms with Crippen molar-refractivity contribution in [3.63, 3.8) is 0 Å². The van der Waals surface area contributed by atoms with Crippen molar-refractivity contribution < 1.29 is 18.0 Å². The second-order valence-corrected chi connectivity index (χ2v) is 10.4. The number of piperazine rings is 1. The van der Waals surface area contributed by atoms with Crippen LogP contribution in [0.25, 0.3) is 0 Å². The molecular formula is C19H22N4O4S2. The summed E-state index contributed by atoms with van der Waals surface area (Å²) in [7, 11) is -3.48. The fraction of sp³-hybridized carbons (Fsp3) is 0.368. The first-order valence-electron chi connectivity index (χ1n) is 9.28. The Morgan fingerprint density at radius 3 is 2.34 bits per heavy atom. The summed E-state index contributed by atoms with van der Waals surface area (Å²) in [5.41, 5.74) is -0.365. The van der Waals surface area contributed by atoms with Gasteiger partial charge in [-0.3, -0.25) is 9.69 Å². The third kappa shape index (κ3) is 3.57. The van der Waals surface area contributed by atoms with Gasteiger partial charge in [-0.1, -0.05) is 36.4 Å². The Balaban J connectivity index is 1.41. The molecule has 154 valence electrons. The van der Waals surface area contributed by atoms with Crippen LogP contribution in [0.2, 0.25) is 0 Å². The van der Waals surface area contributed by atoms with Crippen molar-refractivity contribution in [2.45, 2.75) is 16.7 Å². The van der Waals surface area contributed by atoms with Crippen LogP contribution < -0.4 is 5.32 Å². The Morgan fingerprint density at radius 1 is 1.03 bits per heavy atom. The van der Waals surface area contributed by atoms with E-state index < -0.39 is 21.6 Å². The molecule has 2 aliphatic rings. The molecule has 1 unspecified atom stereocenters. The Kier molecular flexibility index (Phi) is 5.19. The number of carbonyl (C=O) groups excluding carboxylic acids is 2. The van der Waals surface area contributed by atoms with E-state index in [1.165, 1.54) is 20.5 Å². The molecule has 0 aliphatic carbocycles. The minimum absolute atomic E-state index is 0.139. The molecule has 1 atom stereocenters. The molecule has 4 rings (SSSR count). The van der Waals surface area contributed by atoms with Crippen molar-refractivity contribution in [2.75, 3.05) is 32.8 Å². The number of nitrogens with zero attached hydrogens (tertiary/aromatic N) is 3. The zero-order chi connectivity index (χ0) is 20.6. The van der Waals surface area contributed by atoms with E-state index in [-0.39, 0.29) is 12.6 Å². The molecule has 1 aromatic carbocycles. The summed E-state index contributed by atoms with van der Waals surface area (Å²) in [5, 5.41) is 4.53. The number of carbonyl (C=O) groups is 2. The van der Waals surface area contributed by atoms with Crippen LogP contribution in [0, 0.1) is 0 Å². The molecule has 2 saturated heterocycles. The van der Waals surface area contributed by atoms with Crippen LogP contribution >= 0.6 is 11.3 Å². The molecule has 2 aromatic rings. The van der Waals surface area contributed by atoms with E-state index in [4.69, 9.17) is 0 Å². The summed E-state index contributed by atoms with van der Waals surface area (Å²) in [6, 6.07) is 12.0. The highest BCUT2D eigenvalue weighted by Gasteiger charge is 2.49. The van der Waals surface area contributed by atoms with Crippen molar-refractivity contribution in [2.24, 2.45) is 0 Å². The second kappa shape index (κ2) is 7.52. The third-order valence-corrected chi connectivity index (χ3v) is 8.66. The number of hydrogen-bond acceptors (Lipinski definition) is 6. The molecule has 3 amide bonds. The summed E-state index contributed by atoms with van der Waals surface area (Å²) in [6.07, 6.45) is 0. The summed E-state index contributed by atoms with van der Waals surface area (Å²) in [5.74, 6) is -0.303. The van der Waals surface area contributed by atoms with Crippen molar-refractivity contribution in [3.05, 3.63) is 53.4 Å². The summed E-state index contributed by atoms with van der Waals surface area (Å²) in [6.45, 7) is 3.38. The molecule has 2 fully saturated rings. The second-order valence-electron chi connectivity index (χ2n) is 7.25. The molecule has 0 bridgehead atoms. The van der Waals surface area contributed by atoms with E-state index in [1.807, 2.05) is 35.2 Å². The maximum Gasteiger partial charge on any atom is 0.326 e. The quantitative estimate of drug-likeness (QED) is 0.720. The number of thiophene rings is 1. The highest BCUT2D eigenvalue weighted by molar-refractivity contribution is 7.91. The van der Waals surface area contributed by atoms with Gasteiger partial charge in [0.1, 0.15) is 9.75 Å². The Bertz CT molecular complexity index is 1000. The molecule has 2 aliphatic heterocycles. The van der Waals surface area contributed by atoms with Crippen molar-refractivity contribution in [3.8, 4) is 0 Å². The largest absolute Gasteiger partial charge is 0.326 e. The van der Waals surface area contributed by atoms with Gasteiger partial charge in [-0.2, -0.15) is 4.31 Å². The van der Waals surface area contributed by atoms with Crippen molar-refractivity contribution in [1.29, 1.82) is 0 Å². The lowest BCUT2D eigenvalue weighted by atomic mass is 9.92. The minimum atomic E-state index is -3.48. The number of imide groups is 1. The molecule has 1 N–H and O–H groups in total. The molecule has 10 heteroatoms. The lowest BCUT2D eigenvalue weighted by Crippen LogP contribution is -2.52. The van der Waals surface area contributed by atoms with Gasteiger partial charge in [0.05, 0.1) is 6.67 Å². The Morgan fingerprint density at radius 2 is 1.72 bits per heavy atom. The average molecular weight is 435 g/mol. The first-order chi connectivity index (χ1) is 13.8. The van der Waals surface area contributed by atoms with E-state index in [9.17, 15) is 18.0 Å². The zero-order valence-electron chi connectivity index (χ0n) is 15.9. The maximum atomic E-state index is 13.0. The molecule has 1 aromatic heterocycles. The number of benzene rings is 1. The summed E-state index contributed by atoms with van der Waals surface area (Å²) in [4.78, 5) is 28.6. The van der Waals surface area contributed by atoms with E-state index in [2.05, 4.69) is 5.32 Å². The van der Waals surface area contributed by atoms with Crippen LogP contribution in [0.3, 0.4) is 0 Å². The fourth-order valence-electron chi connectivity index (χ4n) is 3.64. The SMILES string of the molecule is CC1(c2ccccc2)NC(=O)N(CN2CCN(S(=O)(=O)c3cccs3)CC2)C1=O. The number of amides is 3. The van der Waals surface area contributed by atoms with Crippen molar-refractivity contribution >= 4 is 33.3 Å². The topological polar surface area (TPSA) is 90.0 Å². The maximum absolute atomic E-state index is 13.0. The van der Waals surface area contributed by atoms with Gasteiger partial charge in [0.25, 0.3) is 15.9 Å². The number of rotatable bonds is 5. The van der Waals surface area contributed by atoms with Crippen LogP contribution in [0.15, 0.2) is 52.1 Å². The van der Waals surface area contributed by atoms with Gasteiger partial charge in [0.2, 0.25) is 0 Å². The van der Waals surface area contributed by atoms with E-state index >= 15 is 0 Å². The van der Waals surface area contributed by atoms with Crippen LogP contribution in [0.1, 0.15) is 12.5 Å². The van der Waals surface area contributed by atoms with Crippen molar-refractivity contribution in [1.82, 2.24) is 19.4 Å². The average Bonchev–Trinajstić information content (AvgIpc) is 3.34. The normalized spacial score (nSPS) is 24.1. The Hall–Kier alpha value is -2.27. The van der Waals surface area contributed by atoms with Gasteiger partial charge in [-0.25, -0.2) is 18.1 Å². The zero-order valence-corrected chi connectivity index (χ0v) is 17.6. The lowest BCUT2D eigenvalue weighted by Gasteiger charge is -2.35. The van der Waals surface area contributed by atoms with Gasteiger partial charge in [-0.15, -0.1) is 11.3 Å². The molecule has 8 nitrogen and oxygen atoms in total. The van der Waals surface area contributed by atoms with Crippen LogP contribution in [-0.2, 0) is 20.4 Å². The summed E-state index contributed by atoms with van der Waals surface area (Å²) < 4.78 is 27.1.